The maximum atomic E-state index is 5.89. The average molecular weight is 306 g/mol. The molecule has 0 radical (unpaired) electrons. The number of nitrogens with two attached hydrogens (primary N) is 1. The molecule has 3 rings (SSSR count). The molecule has 0 bridgehead atoms. The monoisotopic (exact) mass is 306 g/mol. The van der Waals surface area contributed by atoms with Gasteiger partial charge in [0.05, 0.1) is 6.54 Å². The third kappa shape index (κ3) is 3.97. The van der Waals surface area contributed by atoms with E-state index in [-0.39, 0.29) is 0 Å². The predicted octanol–water partition coefficient (Wildman–Crippen LogP) is 3.58. The van der Waals surface area contributed by atoms with Gasteiger partial charge in [0.1, 0.15) is 12.0 Å². The Morgan fingerprint density at radius 2 is 1.87 bits per heavy atom. The van der Waals surface area contributed by atoms with Crippen LogP contribution in [0.5, 0.6) is 0 Å². The largest absolute Gasteiger partial charge is 0.444 e. The number of anilines is 1. The van der Waals surface area contributed by atoms with Gasteiger partial charge < -0.3 is 15.5 Å². The summed E-state index contributed by atoms with van der Waals surface area (Å²) in [6.07, 6.45) is 1.60. The SMILES string of the molecule is Cc1ccc(NC(N)=NCc2coc(-c3ccccc3)n2)cc1. The smallest absolute Gasteiger partial charge is 0.226 e. The first-order valence-electron chi connectivity index (χ1n) is 7.34. The topological polar surface area (TPSA) is 76.4 Å². The molecule has 116 valence electrons. The highest BCUT2D eigenvalue weighted by atomic mass is 16.3. The highest BCUT2D eigenvalue weighted by molar-refractivity contribution is 5.92. The van der Waals surface area contributed by atoms with Crippen LogP contribution in [0.2, 0.25) is 0 Å². The van der Waals surface area contributed by atoms with E-state index in [2.05, 4.69) is 15.3 Å². The van der Waals surface area contributed by atoms with E-state index in [1.165, 1.54) is 5.56 Å². The average Bonchev–Trinajstić information content (AvgIpc) is 3.05. The predicted molar refractivity (Wildman–Crippen MR) is 92.1 cm³/mol. The minimum Gasteiger partial charge on any atom is -0.444 e. The zero-order valence-corrected chi connectivity index (χ0v) is 12.9. The number of guanidine groups is 1. The van der Waals surface area contributed by atoms with Crippen LogP contribution in [0.4, 0.5) is 5.69 Å². The summed E-state index contributed by atoms with van der Waals surface area (Å²) in [6, 6.07) is 17.7. The second-order valence-electron chi connectivity index (χ2n) is 5.20. The number of oxazole rings is 1. The lowest BCUT2D eigenvalue weighted by atomic mass is 10.2. The van der Waals surface area contributed by atoms with Crippen LogP contribution in [0, 0.1) is 6.92 Å². The van der Waals surface area contributed by atoms with Crippen LogP contribution in [0.15, 0.2) is 70.3 Å². The number of aryl methyl sites for hydroxylation is 1. The van der Waals surface area contributed by atoms with Crippen molar-refractivity contribution in [2.45, 2.75) is 13.5 Å². The van der Waals surface area contributed by atoms with E-state index in [1.54, 1.807) is 6.26 Å². The van der Waals surface area contributed by atoms with Crippen molar-refractivity contribution in [3.63, 3.8) is 0 Å². The summed E-state index contributed by atoms with van der Waals surface area (Å²) in [5.41, 5.74) is 9.66. The molecule has 0 aliphatic heterocycles. The quantitative estimate of drug-likeness (QED) is 0.570. The Balaban J connectivity index is 1.63. The molecule has 0 aliphatic carbocycles. The van der Waals surface area contributed by atoms with Crippen LogP contribution in [0.3, 0.4) is 0 Å². The molecule has 0 amide bonds. The summed E-state index contributed by atoms with van der Waals surface area (Å²) in [5.74, 6) is 0.930. The van der Waals surface area contributed by atoms with Gasteiger partial charge in [-0.05, 0) is 31.2 Å². The number of aliphatic imine (C=N–C) groups is 1. The van der Waals surface area contributed by atoms with Gasteiger partial charge in [0, 0.05) is 11.3 Å². The molecule has 0 saturated heterocycles. The lowest BCUT2D eigenvalue weighted by Crippen LogP contribution is -2.22. The van der Waals surface area contributed by atoms with E-state index < -0.39 is 0 Å². The van der Waals surface area contributed by atoms with Gasteiger partial charge in [-0.3, -0.25) is 0 Å². The van der Waals surface area contributed by atoms with Crippen molar-refractivity contribution in [1.29, 1.82) is 0 Å². The Kier molecular flexibility index (Phi) is 4.38. The fourth-order valence-corrected chi connectivity index (χ4v) is 2.08. The van der Waals surface area contributed by atoms with Crippen LogP contribution in [-0.4, -0.2) is 10.9 Å². The normalized spacial score (nSPS) is 11.4. The van der Waals surface area contributed by atoms with E-state index >= 15 is 0 Å². The maximum Gasteiger partial charge on any atom is 0.226 e. The van der Waals surface area contributed by atoms with Crippen molar-refractivity contribution in [3.05, 3.63) is 72.1 Å². The Morgan fingerprint density at radius 3 is 2.61 bits per heavy atom. The van der Waals surface area contributed by atoms with E-state index in [0.29, 0.717) is 18.4 Å². The number of hydrogen-bond acceptors (Lipinski definition) is 3. The third-order valence-electron chi connectivity index (χ3n) is 3.31. The first-order valence-corrected chi connectivity index (χ1v) is 7.34. The minimum absolute atomic E-state index is 0.345. The summed E-state index contributed by atoms with van der Waals surface area (Å²) in [7, 11) is 0. The molecule has 0 fully saturated rings. The summed E-state index contributed by atoms with van der Waals surface area (Å²) >= 11 is 0. The van der Waals surface area contributed by atoms with Crippen LogP contribution >= 0.6 is 0 Å². The van der Waals surface area contributed by atoms with Crippen molar-refractivity contribution >= 4 is 11.6 Å². The van der Waals surface area contributed by atoms with Gasteiger partial charge in [-0.15, -0.1) is 0 Å². The van der Waals surface area contributed by atoms with E-state index in [9.17, 15) is 0 Å². The molecule has 1 aromatic heterocycles. The van der Waals surface area contributed by atoms with Gasteiger partial charge in [0.2, 0.25) is 5.89 Å². The van der Waals surface area contributed by atoms with Crippen molar-refractivity contribution in [1.82, 2.24) is 4.98 Å². The summed E-state index contributed by atoms with van der Waals surface area (Å²) in [5, 5.41) is 3.05. The Hall–Kier alpha value is -3.08. The van der Waals surface area contributed by atoms with Crippen LogP contribution in [-0.2, 0) is 6.54 Å². The molecule has 0 spiro atoms. The van der Waals surface area contributed by atoms with Gasteiger partial charge in [0.15, 0.2) is 5.96 Å². The van der Waals surface area contributed by atoms with Crippen molar-refractivity contribution < 1.29 is 4.42 Å². The molecule has 1 heterocycles. The summed E-state index contributed by atoms with van der Waals surface area (Å²) in [6.45, 7) is 2.40. The Labute approximate surface area is 134 Å². The lowest BCUT2D eigenvalue weighted by molar-refractivity contribution is 0.572. The molecule has 5 heteroatoms. The molecule has 0 atom stereocenters. The number of hydrogen-bond donors (Lipinski definition) is 2. The Bertz CT molecular complexity index is 791. The highest BCUT2D eigenvalue weighted by Crippen LogP contribution is 2.18. The number of benzene rings is 2. The van der Waals surface area contributed by atoms with Gasteiger partial charge in [-0.2, -0.15) is 0 Å². The number of rotatable bonds is 4. The zero-order chi connectivity index (χ0) is 16.1. The first-order chi connectivity index (χ1) is 11.2. The third-order valence-corrected chi connectivity index (χ3v) is 3.31. The molecular weight excluding hydrogens is 288 g/mol. The fourth-order valence-electron chi connectivity index (χ4n) is 2.08. The fraction of sp³-hybridized carbons (Fsp3) is 0.111. The molecule has 3 aromatic rings. The number of nitrogens with zero attached hydrogens (tertiary/aromatic N) is 2. The van der Waals surface area contributed by atoms with Crippen molar-refractivity contribution in [3.8, 4) is 11.5 Å². The number of nitrogens with one attached hydrogen (secondary N) is 1. The molecule has 2 aromatic carbocycles. The van der Waals surface area contributed by atoms with E-state index in [1.807, 2.05) is 61.5 Å². The van der Waals surface area contributed by atoms with Gasteiger partial charge >= 0.3 is 0 Å². The van der Waals surface area contributed by atoms with Gasteiger partial charge in [0.25, 0.3) is 0 Å². The molecular formula is C18H18N4O. The first kappa shape index (κ1) is 14.8. The number of aromatic nitrogens is 1. The maximum absolute atomic E-state index is 5.89. The van der Waals surface area contributed by atoms with Crippen molar-refractivity contribution in [2.75, 3.05) is 5.32 Å². The standard InChI is InChI=1S/C18H18N4O/c1-13-7-9-15(10-8-13)22-18(19)20-11-16-12-23-17(21-16)14-5-3-2-4-6-14/h2-10,12H,11H2,1H3,(H3,19,20,22). The summed E-state index contributed by atoms with van der Waals surface area (Å²) < 4.78 is 5.47. The molecule has 23 heavy (non-hydrogen) atoms. The molecule has 0 aliphatic rings. The van der Waals surface area contributed by atoms with Crippen LogP contribution < -0.4 is 11.1 Å². The van der Waals surface area contributed by atoms with Gasteiger partial charge in [-0.25, -0.2) is 9.98 Å². The van der Waals surface area contributed by atoms with Crippen LogP contribution in [0.1, 0.15) is 11.3 Å². The Morgan fingerprint density at radius 1 is 1.13 bits per heavy atom. The molecule has 3 N–H and O–H groups in total. The summed E-state index contributed by atoms with van der Waals surface area (Å²) in [4.78, 5) is 8.69. The second kappa shape index (κ2) is 6.79. The van der Waals surface area contributed by atoms with E-state index in [0.717, 1.165) is 16.9 Å². The van der Waals surface area contributed by atoms with Gasteiger partial charge in [-0.1, -0.05) is 35.9 Å². The molecule has 0 unspecified atom stereocenters. The molecule has 5 nitrogen and oxygen atoms in total. The zero-order valence-electron chi connectivity index (χ0n) is 12.9. The second-order valence-corrected chi connectivity index (χ2v) is 5.20. The molecule has 0 saturated carbocycles. The van der Waals surface area contributed by atoms with Crippen molar-refractivity contribution in [2.24, 2.45) is 10.7 Å². The highest BCUT2D eigenvalue weighted by Gasteiger charge is 2.05. The lowest BCUT2D eigenvalue weighted by Gasteiger charge is -2.05. The van der Waals surface area contributed by atoms with E-state index in [4.69, 9.17) is 10.2 Å². The minimum atomic E-state index is 0.345. The van der Waals surface area contributed by atoms with Crippen LogP contribution in [0.25, 0.3) is 11.5 Å².